The first-order valence-electron chi connectivity index (χ1n) is 7.91. The van der Waals surface area contributed by atoms with Gasteiger partial charge in [0.15, 0.2) is 5.82 Å². The van der Waals surface area contributed by atoms with E-state index < -0.39 is 0 Å². The number of aryl methyl sites for hydroxylation is 1. The molecule has 126 valence electrons. The summed E-state index contributed by atoms with van der Waals surface area (Å²) in [4.78, 5) is 12.3. The second-order valence-electron chi connectivity index (χ2n) is 5.81. The number of anilines is 2. The summed E-state index contributed by atoms with van der Waals surface area (Å²) < 4.78 is 10.7. The van der Waals surface area contributed by atoms with Gasteiger partial charge >= 0.3 is 0 Å². The number of rotatable bonds is 4. The molecule has 0 aliphatic rings. The van der Waals surface area contributed by atoms with Crippen molar-refractivity contribution in [3.05, 3.63) is 48.3 Å². The van der Waals surface area contributed by atoms with Crippen LogP contribution in [0.1, 0.15) is 5.56 Å². The third-order valence-electron chi connectivity index (χ3n) is 4.20. The lowest BCUT2D eigenvalue weighted by Gasteiger charge is -2.12. The lowest BCUT2D eigenvalue weighted by atomic mass is 10.1. The third-order valence-corrected chi connectivity index (χ3v) is 4.20. The molecule has 0 atom stereocenters. The quantitative estimate of drug-likeness (QED) is 0.586. The summed E-state index contributed by atoms with van der Waals surface area (Å²) in [6.45, 7) is 2.07. The van der Waals surface area contributed by atoms with Crippen LogP contribution in [-0.4, -0.2) is 29.2 Å². The van der Waals surface area contributed by atoms with Gasteiger partial charge in [0, 0.05) is 17.0 Å². The van der Waals surface area contributed by atoms with Crippen molar-refractivity contribution < 1.29 is 9.47 Å². The Bertz CT molecular complexity index is 1070. The summed E-state index contributed by atoms with van der Waals surface area (Å²) in [6, 6.07) is 11.8. The first-order chi connectivity index (χ1) is 12.2. The van der Waals surface area contributed by atoms with E-state index in [4.69, 9.17) is 9.47 Å². The van der Waals surface area contributed by atoms with Gasteiger partial charge in [-0.25, -0.2) is 9.97 Å². The Labute approximate surface area is 144 Å². The maximum absolute atomic E-state index is 5.43. The molecule has 0 saturated carbocycles. The van der Waals surface area contributed by atoms with E-state index in [2.05, 4.69) is 45.4 Å². The summed E-state index contributed by atoms with van der Waals surface area (Å²) in [5.41, 5.74) is 4.74. The molecular formula is C19H18N4O2. The van der Waals surface area contributed by atoms with E-state index in [0.29, 0.717) is 11.6 Å². The molecule has 4 aromatic rings. The topological polar surface area (TPSA) is 72.1 Å². The molecule has 0 saturated heterocycles. The Morgan fingerprint density at radius 2 is 1.88 bits per heavy atom. The second-order valence-corrected chi connectivity index (χ2v) is 5.81. The van der Waals surface area contributed by atoms with Crippen LogP contribution in [0.25, 0.3) is 21.9 Å². The molecule has 2 aromatic carbocycles. The van der Waals surface area contributed by atoms with E-state index in [9.17, 15) is 0 Å². The molecule has 0 bridgehead atoms. The number of fused-ring (bicyclic) bond motifs is 3. The fourth-order valence-corrected chi connectivity index (χ4v) is 2.94. The molecule has 0 amide bonds. The van der Waals surface area contributed by atoms with E-state index in [0.717, 1.165) is 33.4 Å². The highest BCUT2D eigenvalue weighted by Crippen LogP contribution is 2.34. The Hall–Kier alpha value is -3.28. The van der Waals surface area contributed by atoms with Gasteiger partial charge in [-0.15, -0.1) is 0 Å². The lowest BCUT2D eigenvalue weighted by Crippen LogP contribution is -1.99. The average Bonchev–Trinajstić information content (AvgIpc) is 3.00. The number of ether oxygens (including phenoxy) is 2. The van der Waals surface area contributed by atoms with E-state index >= 15 is 0 Å². The van der Waals surface area contributed by atoms with Crippen LogP contribution in [0.3, 0.4) is 0 Å². The van der Waals surface area contributed by atoms with Crippen LogP contribution in [0.5, 0.6) is 11.5 Å². The molecule has 0 unspecified atom stereocenters. The Morgan fingerprint density at radius 1 is 1.00 bits per heavy atom. The molecule has 0 aliphatic carbocycles. The van der Waals surface area contributed by atoms with Gasteiger partial charge in [-0.2, -0.15) is 0 Å². The van der Waals surface area contributed by atoms with Crippen molar-refractivity contribution in [2.45, 2.75) is 6.92 Å². The molecule has 0 fully saturated rings. The number of aromatic nitrogens is 3. The van der Waals surface area contributed by atoms with Crippen molar-refractivity contribution in [2.24, 2.45) is 0 Å². The van der Waals surface area contributed by atoms with Gasteiger partial charge in [0.25, 0.3) is 0 Å². The van der Waals surface area contributed by atoms with Crippen LogP contribution in [0.15, 0.2) is 42.7 Å². The lowest BCUT2D eigenvalue weighted by molar-refractivity contribution is 0.405. The molecular weight excluding hydrogens is 316 g/mol. The normalized spacial score (nSPS) is 11.0. The molecule has 6 nitrogen and oxygen atoms in total. The minimum absolute atomic E-state index is 0.686. The Balaban J connectivity index is 1.86. The van der Waals surface area contributed by atoms with Crippen molar-refractivity contribution in [2.75, 3.05) is 19.5 Å². The molecule has 2 N–H and O–H groups in total. The van der Waals surface area contributed by atoms with Gasteiger partial charge in [0.2, 0.25) is 0 Å². The van der Waals surface area contributed by atoms with Gasteiger partial charge in [0.1, 0.15) is 28.9 Å². The minimum Gasteiger partial charge on any atom is -0.497 e. The highest BCUT2D eigenvalue weighted by atomic mass is 16.5. The Morgan fingerprint density at radius 3 is 2.68 bits per heavy atom. The monoisotopic (exact) mass is 334 g/mol. The van der Waals surface area contributed by atoms with Crippen LogP contribution in [0.4, 0.5) is 11.5 Å². The van der Waals surface area contributed by atoms with Gasteiger partial charge < -0.3 is 19.8 Å². The van der Waals surface area contributed by atoms with Gasteiger partial charge in [-0.3, -0.25) is 0 Å². The van der Waals surface area contributed by atoms with Gasteiger partial charge in [0.05, 0.1) is 19.9 Å². The zero-order valence-corrected chi connectivity index (χ0v) is 14.3. The number of benzene rings is 2. The second kappa shape index (κ2) is 5.98. The molecule has 2 aromatic heterocycles. The number of hydrogen-bond acceptors (Lipinski definition) is 5. The maximum Gasteiger partial charge on any atom is 0.158 e. The largest absolute Gasteiger partial charge is 0.497 e. The fraction of sp³-hybridized carbons (Fsp3) is 0.158. The molecule has 0 spiro atoms. The first-order valence-corrected chi connectivity index (χ1v) is 7.91. The molecule has 0 aliphatic heterocycles. The van der Waals surface area contributed by atoms with E-state index in [1.54, 1.807) is 20.5 Å². The van der Waals surface area contributed by atoms with Crippen LogP contribution in [0.2, 0.25) is 0 Å². The zero-order valence-electron chi connectivity index (χ0n) is 14.3. The summed E-state index contributed by atoms with van der Waals surface area (Å²) in [6.07, 6.45) is 1.56. The van der Waals surface area contributed by atoms with Crippen molar-refractivity contribution in [3.63, 3.8) is 0 Å². The highest BCUT2D eigenvalue weighted by molar-refractivity contribution is 6.08. The number of H-pyrrole nitrogens is 1. The summed E-state index contributed by atoms with van der Waals surface area (Å²) >= 11 is 0. The van der Waals surface area contributed by atoms with Crippen molar-refractivity contribution in [1.29, 1.82) is 0 Å². The Kier molecular flexibility index (Phi) is 3.65. The smallest absolute Gasteiger partial charge is 0.158 e. The van der Waals surface area contributed by atoms with Crippen molar-refractivity contribution >= 4 is 33.4 Å². The number of methoxy groups -OCH3 is 2. The standard InChI is InChI=1S/C19H18N4O2/c1-11-4-6-14-13(8-11)17-18(22-14)19(21-10-20-17)23-15-9-12(24-2)5-7-16(15)25-3/h4-10,22H,1-3H3,(H,20,21,23). The predicted octanol–water partition coefficient (Wildman–Crippen LogP) is 4.18. The van der Waals surface area contributed by atoms with Crippen LogP contribution >= 0.6 is 0 Å². The van der Waals surface area contributed by atoms with Crippen LogP contribution in [0, 0.1) is 6.92 Å². The molecule has 25 heavy (non-hydrogen) atoms. The fourth-order valence-electron chi connectivity index (χ4n) is 2.94. The molecule has 0 radical (unpaired) electrons. The number of aromatic amines is 1. The SMILES string of the molecule is COc1ccc(OC)c(Nc2ncnc3c2[nH]c2ccc(C)cc23)c1. The van der Waals surface area contributed by atoms with Gasteiger partial charge in [-0.05, 0) is 31.2 Å². The number of nitrogens with one attached hydrogen (secondary N) is 2. The minimum atomic E-state index is 0.686. The zero-order chi connectivity index (χ0) is 17.4. The van der Waals surface area contributed by atoms with E-state index in [1.807, 2.05) is 18.2 Å². The van der Waals surface area contributed by atoms with Crippen LogP contribution in [-0.2, 0) is 0 Å². The van der Waals surface area contributed by atoms with E-state index in [-0.39, 0.29) is 0 Å². The third kappa shape index (κ3) is 2.61. The highest BCUT2D eigenvalue weighted by Gasteiger charge is 2.13. The number of hydrogen-bond donors (Lipinski definition) is 2. The summed E-state index contributed by atoms with van der Waals surface area (Å²) in [7, 11) is 3.27. The first kappa shape index (κ1) is 15.3. The summed E-state index contributed by atoms with van der Waals surface area (Å²) in [5.74, 6) is 2.13. The van der Waals surface area contributed by atoms with Crippen molar-refractivity contribution in [3.8, 4) is 11.5 Å². The average molecular weight is 334 g/mol. The molecule has 6 heteroatoms. The van der Waals surface area contributed by atoms with Crippen LogP contribution < -0.4 is 14.8 Å². The van der Waals surface area contributed by atoms with E-state index in [1.165, 1.54) is 5.56 Å². The maximum atomic E-state index is 5.43. The molecule has 4 rings (SSSR count). The van der Waals surface area contributed by atoms with Gasteiger partial charge in [-0.1, -0.05) is 11.6 Å². The van der Waals surface area contributed by atoms with Crippen molar-refractivity contribution in [1.82, 2.24) is 15.0 Å². The predicted molar refractivity (Wildman–Crippen MR) is 99.0 cm³/mol. The molecule has 2 heterocycles. The number of nitrogens with zero attached hydrogens (tertiary/aromatic N) is 2. The summed E-state index contributed by atoms with van der Waals surface area (Å²) in [5, 5.41) is 4.41.